The SMILES string of the molecule is CCNCc1cc(Br)ccc1Oc1cccc(C)c1F. The fourth-order valence-corrected chi connectivity index (χ4v) is 2.27. The Kier molecular flexibility index (Phi) is 5.15. The highest BCUT2D eigenvalue weighted by Crippen LogP contribution is 2.30. The summed E-state index contributed by atoms with van der Waals surface area (Å²) in [7, 11) is 0. The highest BCUT2D eigenvalue weighted by Gasteiger charge is 2.10. The monoisotopic (exact) mass is 337 g/mol. The number of aryl methyl sites for hydroxylation is 1. The lowest BCUT2D eigenvalue weighted by molar-refractivity contribution is 0.434. The highest BCUT2D eigenvalue weighted by atomic mass is 79.9. The normalized spacial score (nSPS) is 10.6. The van der Waals surface area contributed by atoms with Crippen molar-refractivity contribution in [3.05, 3.63) is 57.8 Å². The molecule has 0 spiro atoms. The van der Waals surface area contributed by atoms with Gasteiger partial charge in [-0.25, -0.2) is 4.39 Å². The average molecular weight is 338 g/mol. The molecule has 4 heteroatoms. The lowest BCUT2D eigenvalue weighted by Crippen LogP contribution is -2.12. The number of nitrogens with one attached hydrogen (secondary N) is 1. The van der Waals surface area contributed by atoms with E-state index >= 15 is 0 Å². The molecule has 0 aliphatic heterocycles. The Labute approximate surface area is 127 Å². The Morgan fingerprint density at radius 2 is 2.00 bits per heavy atom. The van der Waals surface area contributed by atoms with Crippen molar-refractivity contribution < 1.29 is 9.13 Å². The number of benzene rings is 2. The van der Waals surface area contributed by atoms with E-state index in [1.165, 1.54) is 0 Å². The molecule has 0 amide bonds. The first-order valence-electron chi connectivity index (χ1n) is 6.54. The molecule has 0 aliphatic carbocycles. The van der Waals surface area contributed by atoms with Crippen LogP contribution < -0.4 is 10.1 Å². The zero-order chi connectivity index (χ0) is 14.5. The molecule has 0 atom stereocenters. The van der Waals surface area contributed by atoms with E-state index in [1.54, 1.807) is 25.1 Å². The van der Waals surface area contributed by atoms with Crippen LogP contribution in [0.4, 0.5) is 4.39 Å². The van der Waals surface area contributed by atoms with Gasteiger partial charge in [-0.3, -0.25) is 0 Å². The predicted molar refractivity (Wildman–Crippen MR) is 82.7 cm³/mol. The second-order valence-electron chi connectivity index (χ2n) is 4.52. The second-order valence-corrected chi connectivity index (χ2v) is 5.44. The molecule has 0 aliphatic rings. The fourth-order valence-electron chi connectivity index (χ4n) is 1.86. The zero-order valence-electron chi connectivity index (χ0n) is 11.5. The van der Waals surface area contributed by atoms with E-state index in [-0.39, 0.29) is 11.6 Å². The predicted octanol–water partition coefficient (Wildman–Crippen LogP) is 4.80. The van der Waals surface area contributed by atoms with Gasteiger partial charge in [0.05, 0.1) is 0 Å². The van der Waals surface area contributed by atoms with Crippen molar-refractivity contribution in [3.63, 3.8) is 0 Å². The van der Waals surface area contributed by atoms with Crippen LogP contribution in [0, 0.1) is 12.7 Å². The van der Waals surface area contributed by atoms with Gasteiger partial charge in [0.15, 0.2) is 11.6 Å². The Bertz CT molecular complexity index is 601. The zero-order valence-corrected chi connectivity index (χ0v) is 13.1. The Morgan fingerprint density at radius 1 is 1.20 bits per heavy atom. The van der Waals surface area contributed by atoms with Crippen LogP contribution in [0.25, 0.3) is 0 Å². The van der Waals surface area contributed by atoms with Gasteiger partial charge in [-0.05, 0) is 43.3 Å². The molecular weight excluding hydrogens is 321 g/mol. The van der Waals surface area contributed by atoms with Crippen LogP contribution in [0.3, 0.4) is 0 Å². The third-order valence-electron chi connectivity index (χ3n) is 2.96. The summed E-state index contributed by atoms with van der Waals surface area (Å²) in [6, 6.07) is 10.9. The van der Waals surface area contributed by atoms with Crippen LogP contribution in [0.2, 0.25) is 0 Å². The number of halogens is 2. The van der Waals surface area contributed by atoms with Crippen molar-refractivity contribution >= 4 is 15.9 Å². The smallest absolute Gasteiger partial charge is 0.168 e. The van der Waals surface area contributed by atoms with Crippen molar-refractivity contribution in [2.75, 3.05) is 6.54 Å². The first kappa shape index (κ1) is 15.0. The van der Waals surface area contributed by atoms with E-state index < -0.39 is 0 Å². The lowest BCUT2D eigenvalue weighted by atomic mass is 10.2. The van der Waals surface area contributed by atoms with Gasteiger partial charge >= 0.3 is 0 Å². The van der Waals surface area contributed by atoms with Crippen molar-refractivity contribution in [2.24, 2.45) is 0 Å². The fraction of sp³-hybridized carbons (Fsp3) is 0.250. The van der Waals surface area contributed by atoms with Gasteiger partial charge in [-0.15, -0.1) is 0 Å². The molecule has 0 heterocycles. The minimum Gasteiger partial charge on any atom is -0.454 e. The lowest BCUT2D eigenvalue weighted by Gasteiger charge is -2.13. The molecule has 0 fully saturated rings. The van der Waals surface area contributed by atoms with E-state index in [0.717, 1.165) is 16.6 Å². The molecule has 20 heavy (non-hydrogen) atoms. The van der Waals surface area contributed by atoms with E-state index in [9.17, 15) is 4.39 Å². The van der Waals surface area contributed by atoms with E-state index in [2.05, 4.69) is 21.2 Å². The third-order valence-corrected chi connectivity index (χ3v) is 3.46. The van der Waals surface area contributed by atoms with Crippen LogP contribution >= 0.6 is 15.9 Å². The molecule has 0 saturated carbocycles. The number of hydrogen-bond acceptors (Lipinski definition) is 2. The summed E-state index contributed by atoms with van der Waals surface area (Å²) in [4.78, 5) is 0. The van der Waals surface area contributed by atoms with E-state index in [4.69, 9.17) is 4.74 Å². The van der Waals surface area contributed by atoms with Gasteiger partial charge in [0, 0.05) is 16.6 Å². The Morgan fingerprint density at radius 3 is 2.75 bits per heavy atom. The highest BCUT2D eigenvalue weighted by molar-refractivity contribution is 9.10. The van der Waals surface area contributed by atoms with Gasteiger partial charge in [0.2, 0.25) is 0 Å². The van der Waals surface area contributed by atoms with Crippen molar-refractivity contribution in [1.29, 1.82) is 0 Å². The summed E-state index contributed by atoms with van der Waals surface area (Å²) >= 11 is 3.44. The van der Waals surface area contributed by atoms with Crippen molar-refractivity contribution in [2.45, 2.75) is 20.4 Å². The molecule has 0 bridgehead atoms. The van der Waals surface area contributed by atoms with Crippen LogP contribution in [0.15, 0.2) is 40.9 Å². The molecule has 0 saturated heterocycles. The Hall–Kier alpha value is -1.39. The standard InChI is InChI=1S/C16H17BrFNO/c1-3-19-10-12-9-13(17)7-8-14(12)20-15-6-4-5-11(2)16(15)18/h4-9,19H,3,10H2,1-2H3. The number of hydrogen-bond donors (Lipinski definition) is 1. The topological polar surface area (TPSA) is 21.3 Å². The van der Waals surface area contributed by atoms with Crippen LogP contribution in [0.1, 0.15) is 18.1 Å². The first-order valence-corrected chi connectivity index (χ1v) is 7.33. The van der Waals surface area contributed by atoms with Crippen LogP contribution in [0.5, 0.6) is 11.5 Å². The van der Waals surface area contributed by atoms with Crippen molar-refractivity contribution in [3.8, 4) is 11.5 Å². The molecular formula is C16H17BrFNO. The maximum atomic E-state index is 14.0. The summed E-state index contributed by atoms with van der Waals surface area (Å²) in [5, 5.41) is 3.25. The van der Waals surface area contributed by atoms with Gasteiger partial charge in [-0.2, -0.15) is 0 Å². The molecule has 1 N–H and O–H groups in total. The summed E-state index contributed by atoms with van der Waals surface area (Å²) in [6.07, 6.45) is 0. The maximum absolute atomic E-state index is 14.0. The average Bonchev–Trinajstić information content (AvgIpc) is 2.44. The molecule has 2 aromatic rings. The second kappa shape index (κ2) is 6.86. The molecule has 0 unspecified atom stereocenters. The van der Waals surface area contributed by atoms with Gasteiger partial charge < -0.3 is 10.1 Å². The summed E-state index contributed by atoms with van der Waals surface area (Å²) in [5.74, 6) is 0.605. The number of rotatable bonds is 5. The molecule has 106 valence electrons. The van der Waals surface area contributed by atoms with Gasteiger partial charge in [0.1, 0.15) is 5.75 Å². The van der Waals surface area contributed by atoms with Crippen LogP contribution in [-0.2, 0) is 6.54 Å². The van der Waals surface area contributed by atoms with Crippen molar-refractivity contribution in [1.82, 2.24) is 5.32 Å². The quantitative estimate of drug-likeness (QED) is 0.846. The summed E-state index contributed by atoms with van der Waals surface area (Å²) in [6.45, 7) is 5.31. The first-order chi connectivity index (χ1) is 9.61. The Balaban J connectivity index is 2.30. The number of ether oxygens (including phenoxy) is 1. The molecule has 2 nitrogen and oxygen atoms in total. The minimum absolute atomic E-state index is 0.255. The van der Waals surface area contributed by atoms with E-state index in [0.29, 0.717) is 17.9 Å². The van der Waals surface area contributed by atoms with Crippen LogP contribution in [-0.4, -0.2) is 6.54 Å². The minimum atomic E-state index is -0.315. The largest absolute Gasteiger partial charge is 0.454 e. The maximum Gasteiger partial charge on any atom is 0.168 e. The van der Waals surface area contributed by atoms with Gasteiger partial charge in [-0.1, -0.05) is 35.0 Å². The summed E-state index contributed by atoms with van der Waals surface area (Å²) in [5.41, 5.74) is 1.56. The summed E-state index contributed by atoms with van der Waals surface area (Å²) < 4.78 is 20.7. The molecule has 2 rings (SSSR count). The molecule has 0 radical (unpaired) electrons. The third kappa shape index (κ3) is 3.58. The van der Waals surface area contributed by atoms with Gasteiger partial charge in [0.25, 0.3) is 0 Å². The molecule has 2 aromatic carbocycles. The van der Waals surface area contributed by atoms with E-state index in [1.807, 2.05) is 25.1 Å². The molecule has 0 aromatic heterocycles.